The largest absolute Gasteiger partial charge is 0.383 e. The zero-order chi connectivity index (χ0) is 12.1. The molecule has 4 nitrogen and oxygen atoms in total. The first-order valence-electron chi connectivity index (χ1n) is 4.93. The van der Waals surface area contributed by atoms with Crippen LogP contribution < -0.4 is 5.32 Å². The molecule has 0 unspecified atom stereocenters. The Morgan fingerprint density at radius 3 is 2.38 bits per heavy atom. The Bertz CT molecular complexity index is 373. The lowest BCUT2D eigenvalue weighted by Gasteiger charge is -2.10. The van der Waals surface area contributed by atoms with Crippen LogP contribution in [0.4, 0.5) is 11.4 Å². The minimum Gasteiger partial charge on any atom is -0.383 e. The molecule has 0 spiro atoms. The van der Waals surface area contributed by atoms with Gasteiger partial charge in [-0.05, 0) is 38.3 Å². The number of nitro groups is 1. The molecule has 0 radical (unpaired) electrons. The highest BCUT2D eigenvalue weighted by Crippen LogP contribution is 2.35. The molecule has 0 saturated heterocycles. The predicted octanol–water partition coefficient (Wildman–Crippen LogP) is 4.33. The third kappa shape index (κ3) is 3.45. The van der Waals surface area contributed by atoms with E-state index in [1.54, 1.807) is 0 Å². The second-order valence-electron chi connectivity index (χ2n) is 3.32. The van der Waals surface area contributed by atoms with Gasteiger partial charge in [0.15, 0.2) is 0 Å². The number of unbranched alkanes of at least 4 members (excludes halogenated alkanes) is 1. The van der Waals surface area contributed by atoms with Crippen LogP contribution in [0.25, 0.3) is 0 Å². The minimum atomic E-state index is -0.411. The van der Waals surface area contributed by atoms with Crippen LogP contribution in [0.1, 0.15) is 19.8 Å². The van der Waals surface area contributed by atoms with Crippen LogP contribution in [-0.4, -0.2) is 11.5 Å². The van der Waals surface area contributed by atoms with Crippen molar-refractivity contribution in [3.63, 3.8) is 0 Å². The quantitative estimate of drug-likeness (QED) is 0.488. The molecule has 6 heteroatoms. The molecule has 1 aromatic carbocycles. The van der Waals surface area contributed by atoms with Crippen LogP contribution in [0.3, 0.4) is 0 Å². The number of hydrogen-bond acceptors (Lipinski definition) is 3. The molecular weight excluding hydrogens is 340 g/mol. The highest BCUT2D eigenvalue weighted by molar-refractivity contribution is 9.11. The van der Waals surface area contributed by atoms with Crippen molar-refractivity contribution in [2.24, 2.45) is 0 Å². The average molecular weight is 352 g/mol. The normalized spacial score (nSPS) is 10.2. The van der Waals surface area contributed by atoms with E-state index in [2.05, 4.69) is 44.1 Å². The van der Waals surface area contributed by atoms with Crippen molar-refractivity contribution in [1.82, 2.24) is 0 Å². The third-order valence-electron chi connectivity index (χ3n) is 2.07. The molecule has 0 aliphatic carbocycles. The Balaban J connectivity index is 2.89. The number of rotatable bonds is 5. The first-order chi connectivity index (χ1) is 7.56. The molecule has 0 fully saturated rings. The lowest BCUT2D eigenvalue weighted by atomic mass is 10.2. The number of anilines is 1. The fourth-order valence-corrected chi connectivity index (χ4v) is 2.67. The summed E-state index contributed by atoms with van der Waals surface area (Å²) in [6.07, 6.45) is 2.17. The fraction of sp³-hybridized carbons (Fsp3) is 0.400. The molecule has 0 aliphatic rings. The molecule has 16 heavy (non-hydrogen) atoms. The van der Waals surface area contributed by atoms with Gasteiger partial charge in [-0.25, -0.2) is 0 Å². The van der Waals surface area contributed by atoms with Crippen molar-refractivity contribution in [2.75, 3.05) is 11.9 Å². The number of hydrogen-bond donors (Lipinski definition) is 1. The van der Waals surface area contributed by atoms with Gasteiger partial charge >= 0.3 is 0 Å². The molecule has 0 saturated carbocycles. The van der Waals surface area contributed by atoms with Gasteiger partial charge in [0, 0.05) is 27.6 Å². The van der Waals surface area contributed by atoms with Crippen molar-refractivity contribution >= 4 is 43.2 Å². The van der Waals surface area contributed by atoms with Gasteiger partial charge in [-0.2, -0.15) is 0 Å². The summed E-state index contributed by atoms with van der Waals surface area (Å²) < 4.78 is 1.40. The Morgan fingerprint density at radius 1 is 1.38 bits per heavy atom. The molecule has 0 amide bonds. The van der Waals surface area contributed by atoms with E-state index in [1.807, 2.05) is 0 Å². The first kappa shape index (κ1) is 13.4. The van der Waals surface area contributed by atoms with Crippen LogP contribution in [0.15, 0.2) is 21.1 Å². The summed E-state index contributed by atoms with van der Waals surface area (Å²) in [6.45, 7) is 2.97. The molecule has 0 aromatic heterocycles. The van der Waals surface area contributed by atoms with Gasteiger partial charge < -0.3 is 5.32 Å². The second-order valence-corrected chi connectivity index (χ2v) is 5.03. The first-order valence-corrected chi connectivity index (χ1v) is 6.52. The number of benzene rings is 1. The average Bonchev–Trinajstić information content (AvgIpc) is 2.21. The van der Waals surface area contributed by atoms with Gasteiger partial charge in [0.05, 0.1) is 10.6 Å². The van der Waals surface area contributed by atoms with E-state index in [0.717, 1.165) is 25.1 Å². The van der Waals surface area contributed by atoms with Crippen LogP contribution in [0.2, 0.25) is 0 Å². The third-order valence-corrected chi connectivity index (χ3v) is 3.32. The SMILES string of the molecule is CCCCNc1c(Br)cc([N+](=O)[O-])cc1Br. The topological polar surface area (TPSA) is 55.2 Å². The molecule has 1 N–H and O–H groups in total. The number of nitro benzene ring substituents is 1. The van der Waals surface area contributed by atoms with Crippen molar-refractivity contribution in [3.8, 4) is 0 Å². The van der Waals surface area contributed by atoms with Gasteiger partial charge in [0.25, 0.3) is 5.69 Å². The van der Waals surface area contributed by atoms with E-state index in [-0.39, 0.29) is 5.69 Å². The van der Waals surface area contributed by atoms with Gasteiger partial charge in [0.2, 0.25) is 0 Å². The summed E-state index contributed by atoms with van der Waals surface area (Å²) in [4.78, 5) is 10.2. The van der Waals surface area contributed by atoms with Crippen LogP contribution in [-0.2, 0) is 0 Å². The van der Waals surface area contributed by atoms with Crippen LogP contribution in [0, 0.1) is 10.1 Å². The van der Waals surface area contributed by atoms with E-state index >= 15 is 0 Å². The molecule has 88 valence electrons. The van der Waals surface area contributed by atoms with Gasteiger partial charge in [-0.15, -0.1) is 0 Å². The molecule has 0 aliphatic heterocycles. The summed E-state index contributed by atoms with van der Waals surface area (Å²) in [5.74, 6) is 0. The molecular formula is C10H12Br2N2O2. The second kappa shape index (κ2) is 6.20. The lowest BCUT2D eigenvalue weighted by Crippen LogP contribution is -2.02. The molecule has 1 aromatic rings. The highest BCUT2D eigenvalue weighted by atomic mass is 79.9. The van der Waals surface area contributed by atoms with E-state index in [0.29, 0.717) is 8.95 Å². The van der Waals surface area contributed by atoms with Crippen molar-refractivity contribution < 1.29 is 4.92 Å². The monoisotopic (exact) mass is 350 g/mol. The standard InChI is InChI=1S/C10H12Br2N2O2/c1-2-3-4-13-10-8(11)5-7(14(15)16)6-9(10)12/h5-6,13H,2-4H2,1H3. The maximum Gasteiger partial charge on any atom is 0.271 e. The zero-order valence-corrected chi connectivity index (χ0v) is 12.0. The number of nitrogens with zero attached hydrogens (tertiary/aromatic N) is 1. The van der Waals surface area contributed by atoms with E-state index in [4.69, 9.17) is 0 Å². The van der Waals surface area contributed by atoms with Crippen LogP contribution in [0.5, 0.6) is 0 Å². The summed E-state index contributed by atoms with van der Waals surface area (Å²) in [5.41, 5.74) is 0.929. The van der Waals surface area contributed by atoms with Crippen molar-refractivity contribution in [3.05, 3.63) is 31.2 Å². The maximum absolute atomic E-state index is 10.6. The molecule has 0 bridgehead atoms. The summed E-state index contributed by atoms with van der Waals surface area (Å²) in [7, 11) is 0. The summed E-state index contributed by atoms with van der Waals surface area (Å²) in [5, 5.41) is 13.9. The Morgan fingerprint density at radius 2 is 1.94 bits per heavy atom. The smallest absolute Gasteiger partial charge is 0.271 e. The highest BCUT2D eigenvalue weighted by Gasteiger charge is 2.13. The van der Waals surface area contributed by atoms with Gasteiger partial charge in [0.1, 0.15) is 0 Å². The van der Waals surface area contributed by atoms with Gasteiger partial charge in [-0.3, -0.25) is 10.1 Å². The lowest BCUT2D eigenvalue weighted by molar-refractivity contribution is -0.385. The molecule has 0 heterocycles. The Labute approximate surface area is 111 Å². The molecule has 1 rings (SSSR count). The van der Waals surface area contributed by atoms with E-state index in [1.165, 1.54) is 12.1 Å². The van der Waals surface area contributed by atoms with Gasteiger partial charge in [-0.1, -0.05) is 13.3 Å². The van der Waals surface area contributed by atoms with E-state index < -0.39 is 4.92 Å². The molecule has 0 atom stereocenters. The Kier molecular flexibility index (Phi) is 5.21. The number of non-ortho nitro benzene ring substituents is 1. The van der Waals surface area contributed by atoms with Crippen molar-refractivity contribution in [2.45, 2.75) is 19.8 Å². The van der Waals surface area contributed by atoms with Crippen molar-refractivity contribution in [1.29, 1.82) is 0 Å². The fourth-order valence-electron chi connectivity index (χ4n) is 1.22. The predicted molar refractivity (Wildman–Crippen MR) is 71.9 cm³/mol. The number of halogens is 2. The van der Waals surface area contributed by atoms with E-state index in [9.17, 15) is 10.1 Å². The Hall–Kier alpha value is -0.620. The minimum absolute atomic E-state index is 0.0693. The zero-order valence-electron chi connectivity index (χ0n) is 8.80. The summed E-state index contributed by atoms with van der Waals surface area (Å²) >= 11 is 6.64. The van der Waals surface area contributed by atoms with Crippen LogP contribution >= 0.6 is 31.9 Å². The number of nitrogens with one attached hydrogen (secondary N) is 1. The summed E-state index contributed by atoms with van der Waals surface area (Å²) in [6, 6.07) is 3.00. The maximum atomic E-state index is 10.6.